The van der Waals surface area contributed by atoms with Crippen LogP contribution in [0.3, 0.4) is 0 Å². The Hall–Kier alpha value is -1.22. The van der Waals surface area contributed by atoms with Gasteiger partial charge in [0.05, 0.1) is 13.7 Å². The fraction of sp³-hybridized carbons (Fsp3) is 0.625. The van der Waals surface area contributed by atoms with E-state index in [1.807, 2.05) is 6.07 Å². The van der Waals surface area contributed by atoms with Crippen LogP contribution in [0.1, 0.15) is 38.2 Å². The van der Waals surface area contributed by atoms with Crippen molar-refractivity contribution in [3.8, 4) is 11.5 Å². The number of ether oxygens (including phenoxy) is 2. The summed E-state index contributed by atoms with van der Waals surface area (Å²) >= 11 is 0. The second-order valence-corrected chi connectivity index (χ2v) is 5.27. The van der Waals surface area contributed by atoms with Crippen molar-refractivity contribution < 1.29 is 9.47 Å². The fourth-order valence-electron chi connectivity index (χ4n) is 2.22. The summed E-state index contributed by atoms with van der Waals surface area (Å²) in [7, 11) is 1.70. The first-order chi connectivity index (χ1) is 9.33. The molecular weight excluding hydrogens is 238 g/mol. The number of methoxy groups -OCH3 is 1. The highest BCUT2D eigenvalue weighted by Gasteiger charge is 2.18. The maximum Gasteiger partial charge on any atom is 0.161 e. The lowest BCUT2D eigenvalue weighted by Gasteiger charge is -2.25. The summed E-state index contributed by atoms with van der Waals surface area (Å²) in [5.74, 6) is 2.46. The van der Waals surface area contributed by atoms with Crippen LogP contribution < -0.4 is 14.8 Å². The van der Waals surface area contributed by atoms with Crippen molar-refractivity contribution >= 4 is 0 Å². The summed E-state index contributed by atoms with van der Waals surface area (Å²) in [5, 5.41) is 3.39. The van der Waals surface area contributed by atoms with Gasteiger partial charge in [-0.05, 0) is 49.4 Å². The van der Waals surface area contributed by atoms with Crippen LogP contribution in [0.25, 0.3) is 0 Å². The average molecular weight is 263 g/mol. The van der Waals surface area contributed by atoms with Gasteiger partial charge in [0.1, 0.15) is 0 Å². The quantitative estimate of drug-likeness (QED) is 0.729. The minimum absolute atomic E-state index is 0.746. The molecule has 3 heteroatoms. The van der Waals surface area contributed by atoms with E-state index < -0.39 is 0 Å². The Kier molecular flexibility index (Phi) is 5.52. The molecule has 1 aliphatic rings. The van der Waals surface area contributed by atoms with E-state index in [0.29, 0.717) is 0 Å². The van der Waals surface area contributed by atoms with Gasteiger partial charge in [-0.1, -0.05) is 19.4 Å². The molecule has 0 spiro atoms. The second-order valence-electron chi connectivity index (χ2n) is 5.27. The lowest BCUT2D eigenvalue weighted by Crippen LogP contribution is -2.19. The van der Waals surface area contributed by atoms with E-state index >= 15 is 0 Å². The number of hydrogen-bond acceptors (Lipinski definition) is 3. The van der Waals surface area contributed by atoms with Crippen LogP contribution in [-0.2, 0) is 6.54 Å². The Morgan fingerprint density at radius 1 is 1.26 bits per heavy atom. The third kappa shape index (κ3) is 4.13. The molecule has 0 aliphatic heterocycles. The van der Waals surface area contributed by atoms with Gasteiger partial charge in [-0.15, -0.1) is 0 Å². The molecule has 2 rings (SSSR count). The zero-order valence-electron chi connectivity index (χ0n) is 12.1. The minimum Gasteiger partial charge on any atom is -0.493 e. The molecule has 0 atom stereocenters. The van der Waals surface area contributed by atoms with Crippen molar-refractivity contribution in [1.82, 2.24) is 5.32 Å². The summed E-state index contributed by atoms with van der Waals surface area (Å²) in [6.45, 7) is 4.92. The van der Waals surface area contributed by atoms with E-state index in [2.05, 4.69) is 24.4 Å². The molecule has 1 N–H and O–H groups in total. The maximum absolute atomic E-state index is 5.87. The standard InChI is InChI=1S/C16H25NO2/c1-3-9-17-11-14-7-8-15(16(10-14)18-2)19-12-13-5-4-6-13/h7-8,10,13,17H,3-6,9,11-12H2,1-2H3. The van der Waals surface area contributed by atoms with E-state index in [0.717, 1.165) is 43.5 Å². The normalized spacial score (nSPS) is 15.1. The molecule has 106 valence electrons. The van der Waals surface area contributed by atoms with Gasteiger partial charge in [-0.25, -0.2) is 0 Å². The highest BCUT2D eigenvalue weighted by molar-refractivity contribution is 5.43. The van der Waals surface area contributed by atoms with E-state index in [1.54, 1.807) is 7.11 Å². The SMILES string of the molecule is CCCNCc1ccc(OCC2CCC2)c(OC)c1. The molecule has 0 radical (unpaired) electrons. The van der Waals surface area contributed by atoms with Crippen LogP contribution in [0.15, 0.2) is 18.2 Å². The Bertz CT molecular complexity index is 388. The lowest BCUT2D eigenvalue weighted by molar-refractivity contribution is 0.176. The van der Waals surface area contributed by atoms with Gasteiger partial charge >= 0.3 is 0 Å². The monoisotopic (exact) mass is 263 g/mol. The van der Waals surface area contributed by atoms with Crippen molar-refractivity contribution in [2.24, 2.45) is 5.92 Å². The van der Waals surface area contributed by atoms with E-state index in [9.17, 15) is 0 Å². The first kappa shape index (κ1) is 14.2. The molecule has 0 saturated heterocycles. The molecule has 0 heterocycles. The van der Waals surface area contributed by atoms with Gasteiger partial charge in [-0.3, -0.25) is 0 Å². The molecule has 0 amide bonds. The molecular formula is C16H25NO2. The molecule has 1 aromatic rings. The third-order valence-electron chi connectivity index (χ3n) is 3.68. The number of hydrogen-bond donors (Lipinski definition) is 1. The molecule has 3 nitrogen and oxygen atoms in total. The number of benzene rings is 1. The molecule has 1 aromatic carbocycles. The number of rotatable bonds is 8. The van der Waals surface area contributed by atoms with Crippen molar-refractivity contribution in [2.45, 2.75) is 39.2 Å². The summed E-state index contributed by atoms with van der Waals surface area (Å²) in [6.07, 6.45) is 5.12. The largest absolute Gasteiger partial charge is 0.493 e. The number of nitrogens with one attached hydrogen (secondary N) is 1. The summed E-state index contributed by atoms with van der Waals surface area (Å²) < 4.78 is 11.3. The molecule has 0 unspecified atom stereocenters. The fourth-order valence-corrected chi connectivity index (χ4v) is 2.22. The Balaban J connectivity index is 1.90. The van der Waals surface area contributed by atoms with Crippen LogP contribution >= 0.6 is 0 Å². The summed E-state index contributed by atoms with van der Waals surface area (Å²) in [4.78, 5) is 0. The van der Waals surface area contributed by atoms with Crippen LogP contribution in [-0.4, -0.2) is 20.3 Å². The maximum atomic E-state index is 5.87. The molecule has 1 fully saturated rings. The van der Waals surface area contributed by atoms with Gasteiger partial charge < -0.3 is 14.8 Å². The first-order valence-corrected chi connectivity index (χ1v) is 7.34. The minimum atomic E-state index is 0.746. The van der Waals surface area contributed by atoms with Crippen LogP contribution in [0.4, 0.5) is 0 Å². The summed E-state index contributed by atoms with van der Waals surface area (Å²) in [6, 6.07) is 6.21. The first-order valence-electron chi connectivity index (χ1n) is 7.34. The highest BCUT2D eigenvalue weighted by Crippen LogP contribution is 2.31. The smallest absolute Gasteiger partial charge is 0.161 e. The van der Waals surface area contributed by atoms with Crippen molar-refractivity contribution in [3.05, 3.63) is 23.8 Å². The van der Waals surface area contributed by atoms with Gasteiger partial charge in [-0.2, -0.15) is 0 Å². The lowest BCUT2D eigenvalue weighted by atomic mass is 9.86. The highest BCUT2D eigenvalue weighted by atomic mass is 16.5. The Morgan fingerprint density at radius 3 is 2.74 bits per heavy atom. The van der Waals surface area contributed by atoms with Crippen LogP contribution in [0, 0.1) is 5.92 Å². The van der Waals surface area contributed by atoms with Gasteiger partial charge in [0, 0.05) is 6.54 Å². The molecule has 19 heavy (non-hydrogen) atoms. The van der Waals surface area contributed by atoms with E-state index in [-0.39, 0.29) is 0 Å². The van der Waals surface area contributed by atoms with Crippen molar-refractivity contribution in [1.29, 1.82) is 0 Å². The zero-order valence-corrected chi connectivity index (χ0v) is 12.1. The van der Waals surface area contributed by atoms with E-state index in [4.69, 9.17) is 9.47 Å². The van der Waals surface area contributed by atoms with Crippen LogP contribution in [0.2, 0.25) is 0 Å². The second kappa shape index (κ2) is 7.39. The third-order valence-corrected chi connectivity index (χ3v) is 3.68. The molecule has 1 saturated carbocycles. The Labute approximate surface area is 116 Å². The predicted octanol–water partition coefficient (Wildman–Crippen LogP) is 3.37. The Morgan fingerprint density at radius 2 is 2.11 bits per heavy atom. The van der Waals surface area contributed by atoms with Gasteiger partial charge in [0.15, 0.2) is 11.5 Å². The van der Waals surface area contributed by atoms with Crippen LogP contribution in [0.5, 0.6) is 11.5 Å². The van der Waals surface area contributed by atoms with Crippen molar-refractivity contribution in [2.75, 3.05) is 20.3 Å². The molecule has 1 aliphatic carbocycles. The average Bonchev–Trinajstić information content (AvgIpc) is 2.38. The van der Waals surface area contributed by atoms with Gasteiger partial charge in [0.2, 0.25) is 0 Å². The van der Waals surface area contributed by atoms with Gasteiger partial charge in [0.25, 0.3) is 0 Å². The van der Waals surface area contributed by atoms with E-state index in [1.165, 1.54) is 24.8 Å². The summed E-state index contributed by atoms with van der Waals surface area (Å²) in [5.41, 5.74) is 1.24. The molecule has 0 aromatic heterocycles. The van der Waals surface area contributed by atoms with Crippen molar-refractivity contribution in [3.63, 3.8) is 0 Å². The zero-order chi connectivity index (χ0) is 13.5. The predicted molar refractivity (Wildman–Crippen MR) is 77.8 cm³/mol. The molecule has 0 bridgehead atoms. The topological polar surface area (TPSA) is 30.5 Å².